The van der Waals surface area contributed by atoms with Crippen LogP contribution >= 0.6 is 0 Å². The Balaban J connectivity index is 1.78. The van der Waals surface area contributed by atoms with Crippen LogP contribution in [0, 0.1) is 0 Å². The van der Waals surface area contributed by atoms with Gasteiger partial charge in [0.2, 0.25) is 0 Å². The second-order valence-corrected chi connectivity index (χ2v) is 6.50. The Bertz CT molecular complexity index is 1230. The van der Waals surface area contributed by atoms with Crippen LogP contribution in [0.3, 0.4) is 0 Å². The first kappa shape index (κ1) is 19.5. The Labute approximate surface area is 169 Å². The van der Waals surface area contributed by atoms with Gasteiger partial charge in [-0.1, -0.05) is 24.3 Å². The van der Waals surface area contributed by atoms with E-state index >= 15 is 0 Å². The molecular weight excluding hydrogens is 395 g/mol. The van der Waals surface area contributed by atoms with Crippen LogP contribution in [0.2, 0.25) is 0 Å². The zero-order valence-corrected chi connectivity index (χ0v) is 15.8. The number of hydrogen-bond donors (Lipinski definition) is 1. The molecule has 4 rings (SSSR count). The summed E-state index contributed by atoms with van der Waals surface area (Å²) in [6.07, 6.45) is -2.82. The van der Waals surface area contributed by atoms with Gasteiger partial charge in [0.05, 0.1) is 12.7 Å². The summed E-state index contributed by atoms with van der Waals surface area (Å²) >= 11 is 0. The van der Waals surface area contributed by atoms with Crippen molar-refractivity contribution < 1.29 is 22.7 Å². The number of rotatable bonds is 4. The molecule has 0 unspecified atom stereocenters. The van der Waals surface area contributed by atoms with Crippen LogP contribution in [0.15, 0.2) is 72.9 Å². The fraction of sp³-hybridized carbons (Fsp3) is 0.0909. The lowest BCUT2D eigenvalue weighted by molar-refractivity contribution is -0.137. The van der Waals surface area contributed by atoms with Gasteiger partial charge in [-0.15, -0.1) is 0 Å². The van der Waals surface area contributed by atoms with E-state index in [2.05, 4.69) is 10.3 Å². The van der Waals surface area contributed by atoms with E-state index in [9.17, 15) is 18.0 Å². The number of anilines is 1. The summed E-state index contributed by atoms with van der Waals surface area (Å²) in [6, 6.07) is 16.8. The van der Waals surface area contributed by atoms with Gasteiger partial charge in [0.25, 0.3) is 5.91 Å². The van der Waals surface area contributed by atoms with Gasteiger partial charge in [0, 0.05) is 17.3 Å². The fourth-order valence-electron chi connectivity index (χ4n) is 3.10. The number of halogens is 3. The smallest absolute Gasteiger partial charge is 0.416 e. The predicted octanol–water partition coefficient (Wildman–Crippen LogP) is 5.28. The average molecular weight is 411 g/mol. The third kappa shape index (κ3) is 3.71. The van der Waals surface area contributed by atoms with Crippen LogP contribution in [-0.4, -0.2) is 22.4 Å². The lowest BCUT2D eigenvalue weighted by atomic mass is 10.1. The van der Waals surface area contributed by atoms with Crippen molar-refractivity contribution in [3.8, 4) is 17.0 Å². The standard InChI is InChI=1S/C22H16F3N3O2/c1-30-17-9-5-6-14(13-17)19-20(28-11-3-2-10-18(28)26-19)27-21(29)15-7-4-8-16(12-15)22(23,24)25/h2-13H,1H3,(H,27,29). The summed E-state index contributed by atoms with van der Waals surface area (Å²) < 4.78 is 46.0. The van der Waals surface area contributed by atoms with Crippen molar-refractivity contribution >= 4 is 17.4 Å². The maximum absolute atomic E-state index is 13.0. The van der Waals surface area contributed by atoms with Gasteiger partial charge < -0.3 is 10.1 Å². The highest BCUT2D eigenvalue weighted by Crippen LogP contribution is 2.32. The van der Waals surface area contributed by atoms with E-state index in [1.165, 1.54) is 12.1 Å². The molecule has 0 aliphatic carbocycles. The van der Waals surface area contributed by atoms with Gasteiger partial charge in [-0.25, -0.2) is 4.98 Å². The zero-order valence-electron chi connectivity index (χ0n) is 15.8. The van der Waals surface area contributed by atoms with Crippen LogP contribution in [0.4, 0.5) is 19.0 Å². The van der Waals surface area contributed by atoms with Crippen molar-refractivity contribution in [2.24, 2.45) is 0 Å². The molecule has 0 saturated heterocycles. The van der Waals surface area contributed by atoms with Crippen molar-refractivity contribution in [2.45, 2.75) is 6.18 Å². The molecule has 2 aromatic carbocycles. The van der Waals surface area contributed by atoms with E-state index in [-0.39, 0.29) is 5.56 Å². The highest BCUT2D eigenvalue weighted by atomic mass is 19.4. The third-order valence-electron chi connectivity index (χ3n) is 4.56. The molecule has 5 nitrogen and oxygen atoms in total. The molecule has 152 valence electrons. The van der Waals surface area contributed by atoms with E-state index in [1.54, 1.807) is 54.1 Å². The molecule has 0 aliphatic heterocycles. The number of fused-ring (bicyclic) bond motifs is 1. The summed E-state index contributed by atoms with van der Waals surface area (Å²) in [7, 11) is 1.54. The molecule has 30 heavy (non-hydrogen) atoms. The number of nitrogens with zero attached hydrogens (tertiary/aromatic N) is 2. The van der Waals surface area contributed by atoms with Crippen LogP contribution in [0.1, 0.15) is 15.9 Å². The van der Waals surface area contributed by atoms with Crippen molar-refractivity contribution in [3.05, 3.63) is 84.1 Å². The number of imidazole rings is 1. The van der Waals surface area contributed by atoms with Crippen LogP contribution < -0.4 is 10.1 Å². The highest BCUT2D eigenvalue weighted by molar-refractivity contribution is 6.06. The van der Waals surface area contributed by atoms with Gasteiger partial charge in [-0.05, 0) is 42.5 Å². The first-order chi connectivity index (χ1) is 14.4. The molecule has 2 aromatic heterocycles. The number of amides is 1. The highest BCUT2D eigenvalue weighted by Gasteiger charge is 2.31. The molecule has 1 amide bonds. The molecule has 0 bridgehead atoms. The molecule has 0 saturated carbocycles. The Morgan fingerprint density at radius 3 is 2.60 bits per heavy atom. The summed E-state index contributed by atoms with van der Waals surface area (Å²) in [6.45, 7) is 0. The number of hydrogen-bond acceptors (Lipinski definition) is 3. The fourth-order valence-corrected chi connectivity index (χ4v) is 3.10. The number of carbonyl (C=O) groups excluding carboxylic acids is 1. The number of benzene rings is 2. The zero-order chi connectivity index (χ0) is 21.3. The summed E-state index contributed by atoms with van der Waals surface area (Å²) in [5.74, 6) is 0.289. The third-order valence-corrected chi connectivity index (χ3v) is 4.56. The Morgan fingerprint density at radius 2 is 1.83 bits per heavy atom. The number of alkyl halides is 3. The molecule has 0 radical (unpaired) electrons. The minimum absolute atomic E-state index is 0.104. The molecule has 0 atom stereocenters. The largest absolute Gasteiger partial charge is 0.497 e. The normalized spacial score (nSPS) is 11.5. The van der Waals surface area contributed by atoms with Crippen molar-refractivity contribution in [3.63, 3.8) is 0 Å². The van der Waals surface area contributed by atoms with Gasteiger partial charge in [-0.3, -0.25) is 9.20 Å². The van der Waals surface area contributed by atoms with Gasteiger partial charge in [0.15, 0.2) is 0 Å². The minimum atomic E-state index is -4.54. The molecule has 0 aliphatic rings. The van der Waals surface area contributed by atoms with Gasteiger partial charge in [0.1, 0.15) is 22.9 Å². The Kier molecular flexibility index (Phi) is 4.91. The van der Waals surface area contributed by atoms with Crippen LogP contribution in [0.5, 0.6) is 5.75 Å². The van der Waals surface area contributed by atoms with E-state index in [4.69, 9.17) is 4.74 Å². The first-order valence-electron chi connectivity index (χ1n) is 8.97. The van der Waals surface area contributed by atoms with E-state index < -0.39 is 17.6 Å². The van der Waals surface area contributed by atoms with Crippen molar-refractivity contribution in [2.75, 3.05) is 12.4 Å². The average Bonchev–Trinajstić information content (AvgIpc) is 3.12. The number of ether oxygens (including phenoxy) is 1. The molecule has 2 heterocycles. The van der Waals surface area contributed by atoms with Crippen LogP contribution in [0.25, 0.3) is 16.9 Å². The number of aromatic nitrogens is 2. The van der Waals surface area contributed by atoms with Gasteiger partial charge in [-0.2, -0.15) is 13.2 Å². The monoisotopic (exact) mass is 411 g/mol. The Hall–Kier alpha value is -3.81. The molecule has 0 spiro atoms. The number of nitrogens with one attached hydrogen (secondary N) is 1. The second kappa shape index (κ2) is 7.55. The predicted molar refractivity (Wildman–Crippen MR) is 107 cm³/mol. The topological polar surface area (TPSA) is 55.6 Å². The van der Waals surface area contributed by atoms with E-state index in [0.717, 1.165) is 12.1 Å². The lowest BCUT2D eigenvalue weighted by Crippen LogP contribution is -2.15. The van der Waals surface area contributed by atoms with Crippen molar-refractivity contribution in [1.29, 1.82) is 0 Å². The maximum Gasteiger partial charge on any atom is 0.416 e. The molecule has 1 N–H and O–H groups in total. The number of pyridine rings is 1. The number of methoxy groups -OCH3 is 1. The minimum Gasteiger partial charge on any atom is -0.497 e. The summed E-state index contributed by atoms with van der Waals surface area (Å²) in [5.41, 5.74) is 0.751. The summed E-state index contributed by atoms with van der Waals surface area (Å²) in [4.78, 5) is 17.4. The van der Waals surface area contributed by atoms with Crippen LogP contribution in [-0.2, 0) is 6.18 Å². The molecular formula is C22H16F3N3O2. The molecule has 4 aromatic rings. The second-order valence-electron chi connectivity index (χ2n) is 6.50. The van der Waals surface area contributed by atoms with E-state index in [0.29, 0.717) is 28.5 Å². The first-order valence-corrected chi connectivity index (χ1v) is 8.97. The lowest BCUT2D eigenvalue weighted by Gasteiger charge is -2.11. The Morgan fingerprint density at radius 1 is 1.03 bits per heavy atom. The number of carbonyl (C=O) groups is 1. The van der Waals surface area contributed by atoms with E-state index in [1.807, 2.05) is 6.07 Å². The molecule has 0 fully saturated rings. The SMILES string of the molecule is COc1cccc(-c2nc3ccccn3c2NC(=O)c2cccc(C(F)(F)F)c2)c1. The van der Waals surface area contributed by atoms with Gasteiger partial charge >= 0.3 is 6.18 Å². The quantitative estimate of drug-likeness (QED) is 0.497. The maximum atomic E-state index is 13.0. The van der Waals surface area contributed by atoms with Crippen molar-refractivity contribution in [1.82, 2.24) is 9.38 Å². The summed E-state index contributed by atoms with van der Waals surface area (Å²) in [5, 5.41) is 2.72. The molecule has 8 heteroatoms.